The highest BCUT2D eigenvalue weighted by Gasteiger charge is 2.26. The van der Waals surface area contributed by atoms with Crippen LogP contribution < -0.4 is 15.5 Å². The molecule has 45 heavy (non-hydrogen) atoms. The average Bonchev–Trinajstić information content (AvgIpc) is 2.95. The predicted octanol–water partition coefficient (Wildman–Crippen LogP) is 6.57. The van der Waals surface area contributed by atoms with E-state index in [0.29, 0.717) is 16.7 Å². The van der Waals surface area contributed by atoms with Crippen molar-refractivity contribution in [2.45, 2.75) is 45.4 Å². The number of carboxylic acids is 1. The normalized spacial score (nSPS) is 12.0. The Kier molecular flexibility index (Phi) is 10.1. The number of fused-ring (bicyclic) bond motifs is 1. The van der Waals surface area contributed by atoms with Crippen molar-refractivity contribution >= 4 is 52.1 Å². The van der Waals surface area contributed by atoms with Gasteiger partial charge in [0.05, 0.1) is 15.4 Å². The van der Waals surface area contributed by atoms with E-state index in [1.165, 1.54) is 17.0 Å². The number of alkyl carbamates (subject to hydrolysis) is 1. The Morgan fingerprint density at radius 2 is 1.64 bits per heavy atom. The fourth-order valence-electron chi connectivity index (χ4n) is 4.50. The zero-order chi connectivity index (χ0) is 33.1. The minimum Gasteiger partial charge on any atom is -0.486 e. The Balaban J connectivity index is 1.64. The van der Waals surface area contributed by atoms with Crippen molar-refractivity contribution in [3.63, 3.8) is 0 Å². The second kappa shape index (κ2) is 13.6. The fraction of sp³-hybridized carbons (Fsp3) is 0.273. The number of hydrogen-bond donors (Lipinski definition) is 2. The summed E-state index contributed by atoms with van der Waals surface area (Å²) in [7, 11) is 3.12. The third-order valence-corrected chi connectivity index (χ3v) is 7.08. The summed E-state index contributed by atoms with van der Waals surface area (Å²) in [5.74, 6) is -1.50. The summed E-state index contributed by atoms with van der Waals surface area (Å²) in [6.07, 6.45) is -0.999. The molecule has 236 valence electrons. The van der Waals surface area contributed by atoms with Gasteiger partial charge in [-0.3, -0.25) is 9.59 Å². The number of rotatable bonds is 9. The van der Waals surface area contributed by atoms with E-state index in [1.54, 1.807) is 77.3 Å². The summed E-state index contributed by atoms with van der Waals surface area (Å²) in [4.78, 5) is 52.0. The number of carbonyl (C=O) groups excluding carboxylic acids is 2. The van der Waals surface area contributed by atoms with Crippen molar-refractivity contribution < 1.29 is 33.4 Å². The first-order valence-corrected chi connectivity index (χ1v) is 14.6. The molecule has 12 heteroatoms. The van der Waals surface area contributed by atoms with E-state index in [1.807, 2.05) is 6.07 Å². The SMILES string of the molecule is CN(C)C(=O)c1c(-c2ccccc2)oc2c(COc3c(Cl)cc(C[C@H](NC(=O)OC(C)(C)C)C(=O)O)cc3Cl)cccc2c1=O. The van der Waals surface area contributed by atoms with Crippen LogP contribution in [0.25, 0.3) is 22.3 Å². The molecule has 0 unspecified atom stereocenters. The summed E-state index contributed by atoms with van der Waals surface area (Å²) in [5, 5.41) is 12.4. The van der Waals surface area contributed by atoms with E-state index in [9.17, 15) is 24.3 Å². The minimum absolute atomic E-state index is 0.0840. The first-order valence-electron chi connectivity index (χ1n) is 13.8. The van der Waals surface area contributed by atoms with E-state index in [0.717, 1.165) is 0 Å². The molecule has 0 spiro atoms. The molecule has 2 amide bonds. The lowest BCUT2D eigenvalue weighted by Crippen LogP contribution is -2.44. The molecule has 2 N–H and O–H groups in total. The average molecular weight is 656 g/mol. The molecule has 0 saturated carbocycles. The van der Waals surface area contributed by atoms with Crippen LogP contribution in [0.4, 0.5) is 4.79 Å². The molecule has 1 atom stereocenters. The van der Waals surface area contributed by atoms with E-state index in [4.69, 9.17) is 37.1 Å². The first kappa shape index (κ1) is 33.4. The summed E-state index contributed by atoms with van der Waals surface area (Å²) in [6.45, 7) is 4.89. The summed E-state index contributed by atoms with van der Waals surface area (Å²) >= 11 is 13.0. The number of carbonyl (C=O) groups is 3. The van der Waals surface area contributed by atoms with Crippen LogP contribution in [-0.4, -0.2) is 53.7 Å². The molecule has 0 radical (unpaired) electrons. The molecular formula is C33H32Cl2N2O8. The largest absolute Gasteiger partial charge is 0.486 e. The lowest BCUT2D eigenvalue weighted by molar-refractivity contribution is -0.139. The highest BCUT2D eigenvalue weighted by molar-refractivity contribution is 6.37. The molecule has 0 fully saturated rings. The molecule has 0 aliphatic rings. The van der Waals surface area contributed by atoms with Gasteiger partial charge in [-0.1, -0.05) is 65.7 Å². The Bertz CT molecular complexity index is 1790. The van der Waals surface area contributed by atoms with Gasteiger partial charge in [0.2, 0.25) is 5.43 Å². The number of para-hydroxylation sites is 1. The first-order chi connectivity index (χ1) is 21.2. The molecule has 0 bridgehead atoms. The van der Waals surface area contributed by atoms with Crippen molar-refractivity contribution in [3.05, 3.63) is 97.6 Å². The molecule has 3 aromatic carbocycles. The van der Waals surface area contributed by atoms with E-state index >= 15 is 0 Å². The van der Waals surface area contributed by atoms with Crippen LogP contribution in [0, 0.1) is 0 Å². The number of ether oxygens (including phenoxy) is 2. The molecular weight excluding hydrogens is 623 g/mol. The van der Waals surface area contributed by atoms with Gasteiger partial charge in [-0.25, -0.2) is 9.59 Å². The predicted molar refractivity (Wildman–Crippen MR) is 171 cm³/mol. The van der Waals surface area contributed by atoms with Crippen LogP contribution in [-0.2, 0) is 22.6 Å². The number of aliphatic carboxylic acids is 1. The van der Waals surface area contributed by atoms with Gasteiger partial charge < -0.3 is 29.2 Å². The monoisotopic (exact) mass is 654 g/mol. The maximum Gasteiger partial charge on any atom is 0.408 e. The molecule has 0 saturated heterocycles. The number of nitrogens with one attached hydrogen (secondary N) is 1. The minimum atomic E-state index is -1.31. The number of hydrogen-bond acceptors (Lipinski definition) is 7. The lowest BCUT2D eigenvalue weighted by Gasteiger charge is -2.22. The zero-order valence-corrected chi connectivity index (χ0v) is 26.8. The van der Waals surface area contributed by atoms with Gasteiger partial charge in [-0.15, -0.1) is 0 Å². The number of benzene rings is 3. The van der Waals surface area contributed by atoms with Crippen molar-refractivity contribution in [3.8, 4) is 17.1 Å². The van der Waals surface area contributed by atoms with E-state index in [2.05, 4.69) is 5.32 Å². The van der Waals surface area contributed by atoms with Crippen LogP contribution >= 0.6 is 23.2 Å². The maximum atomic E-state index is 13.6. The van der Waals surface area contributed by atoms with Crippen molar-refractivity contribution in [2.75, 3.05) is 14.1 Å². The number of amides is 2. The second-order valence-corrected chi connectivity index (χ2v) is 12.2. The van der Waals surface area contributed by atoms with Gasteiger partial charge in [0, 0.05) is 31.6 Å². The van der Waals surface area contributed by atoms with E-state index < -0.39 is 35.0 Å². The van der Waals surface area contributed by atoms with Gasteiger partial charge in [0.15, 0.2) is 11.5 Å². The Morgan fingerprint density at radius 1 is 1.00 bits per heavy atom. The molecule has 1 heterocycles. The second-order valence-electron chi connectivity index (χ2n) is 11.4. The zero-order valence-electron chi connectivity index (χ0n) is 25.3. The van der Waals surface area contributed by atoms with Gasteiger partial charge >= 0.3 is 12.1 Å². The number of carboxylic acid groups (broad SMARTS) is 1. The van der Waals surface area contributed by atoms with Gasteiger partial charge in [0.25, 0.3) is 5.91 Å². The third kappa shape index (κ3) is 7.95. The van der Waals surface area contributed by atoms with Crippen molar-refractivity contribution in [1.29, 1.82) is 0 Å². The molecule has 4 rings (SSSR count). The standard InChI is InChI=1S/C33H32Cl2N2O8/c1-33(2,3)45-32(42)36-24(31(40)41)16-18-14-22(34)29(23(35)15-18)43-17-20-12-9-13-21-26(38)25(30(39)37(4)5)28(44-27(20)21)19-10-7-6-8-11-19/h6-15,24H,16-17H2,1-5H3,(H,36,42)(H,40,41)/t24-/m0/s1. The number of halogens is 2. The highest BCUT2D eigenvalue weighted by Crippen LogP contribution is 2.36. The Hall–Kier alpha value is -4.54. The topological polar surface area (TPSA) is 135 Å². The van der Waals surface area contributed by atoms with Gasteiger partial charge in [-0.2, -0.15) is 0 Å². The van der Waals surface area contributed by atoms with Crippen LogP contribution in [0.3, 0.4) is 0 Å². The molecule has 1 aromatic heterocycles. The number of nitrogens with zero attached hydrogens (tertiary/aromatic N) is 1. The van der Waals surface area contributed by atoms with Crippen LogP contribution in [0.1, 0.15) is 42.3 Å². The van der Waals surface area contributed by atoms with Crippen LogP contribution in [0.2, 0.25) is 10.0 Å². The molecule has 10 nitrogen and oxygen atoms in total. The lowest BCUT2D eigenvalue weighted by atomic mass is 10.0. The summed E-state index contributed by atoms with van der Waals surface area (Å²) in [5.41, 5.74) is 0.346. The smallest absolute Gasteiger partial charge is 0.408 e. The third-order valence-electron chi connectivity index (χ3n) is 6.51. The summed E-state index contributed by atoms with van der Waals surface area (Å²) < 4.78 is 17.4. The van der Waals surface area contributed by atoms with Crippen LogP contribution in [0.5, 0.6) is 5.75 Å². The Labute approximate surface area is 269 Å². The quantitative estimate of drug-likeness (QED) is 0.207. The van der Waals surface area contributed by atoms with Gasteiger partial charge in [0.1, 0.15) is 29.4 Å². The molecule has 0 aliphatic carbocycles. The van der Waals surface area contributed by atoms with Crippen LogP contribution in [0.15, 0.2) is 69.9 Å². The molecule has 0 aliphatic heterocycles. The van der Waals surface area contributed by atoms with Crippen molar-refractivity contribution in [2.24, 2.45) is 0 Å². The van der Waals surface area contributed by atoms with E-state index in [-0.39, 0.29) is 51.1 Å². The van der Waals surface area contributed by atoms with Crippen molar-refractivity contribution in [1.82, 2.24) is 10.2 Å². The van der Waals surface area contributed by atoms with Gasteiger partial charge in [-0.05, 0) is 44.5 Å². The fourth-order valence-corrected chi connectivity index (χ4v) is 5.14. The summed E-state index contributed by atoms with van der Waals surface area (Å²) in [6, 6.07) is 15.5. The Morgan fingerprint density at radius 3 is 2.22 bits per heavy atom. The molecule has 4 aromatic rings. The highest BCUT2D eigenvalue weighted by atomic mass is 35.5. The maximum absolute atomic E-state index is 13.6.